The standard InChI is InChI=1S/C19H17ClN2O3/c1-10(18(21)24)17-11(2)22(16-7-6-14(23)9-15(16)17)19(25)12-4-3-5-13(20)8-12/h3-10,23H,1-2H3,(H2,21,24). The van der Waals surface area contributed by atoms with Crippen LogP contribution in [0.5, 0.6) is 5.75 Å². The number of hydrogen-bond donors (Lipinski definition) is 2. The number of halogens is 1. The first-order chi connectivity index (χ1) is 11.8. The largest absolute Gasteiger partial charge is 0.508 e. The summed E-state index contributed by atoms with van der Waals surface area (Å²) in [5.74, 6) is -1.31. The van der Waals surface area contributed by atoms with Crippen LogP contribution in [0.4, 0.5) is 0 Å². The molecular weight excluding hydrogens is 340 g/mol. The molecule has 0 fully saturated rings. The minimum Gasteiger partial charge on any atom is -0.508 e. The third kappa shape index (κ3) is 2.87. The molecule has 3 aromatic rings. The van der Waals surface area contributed by atoms with Gasteiger partial charge in [-0.25, -0.2) is 0 Å². The molecule has 0 aliphatic heterocycles. The van der Waals surface area contributed by atoms with Gasteiger partial charge in [-0.05, 0) is 55.8 Å². The highest BCUT2D eigenvalue weighted by Crippen LogP contribution is 2.34. The summed E-state index contributed by atoms with van der Waals surface area (Å²) in [5, 5.41) is 10.9. The van der Waals surface area contributed by atoms with Crippen LogP contribution in [0.1, 0.15) is 34.5 Å². The van der Waals surface area contributed by atoms with Gasteiger partial charge in [-0.3, -0.25) is 14.2 Å². The normalized spacial score (nSPS) is 12.3. The Balaban J connectivity index is 2.30. The highest BCUT2D eigenvalue weighted by atomic mass is 35.5. The number of aromatic nitrogens is 1. The predicted octanol–water partition coefficient (Wildman–Crippen LogP) is 3.59. The van der Waals surface area contributed by atoms with Crippen LogP contribution in [0.3, 0.4) is 0 Å². The fourth-order valence-electron chi connectivity index (χ4n) is 3.13. The molecular formula is C19H17ClN2O3. The van der Waals surface area contributed by atoms with Gasteiger partial charge in [0.2, 0.25) is 5.91 Å². The molecule has 128 valence electrons. The second-order valence-corrected chi connectivity index (χ2v) is 6.41. The Hall–Kier alpha value is -2.79. The van der Waals surface area contributed by atoms with Gasteiger partial charge in [-0.2, -0.15) is 0 Å². The summed E-state index contributed by atoms with van der Waals surface area (Å²) >= 11 is 6.00. The fourth-order valence-corrected chi connectivity index (χ4v) is 3.32. The van der Waals surface area contributed by atoms with Gasteiger partial charge in [0.05, 0.1) is 11.4 Å². The van der Waals surface area contributed by atoms with Crippen molar-refractivity contribution in [1.82, 2.24) is 4.57 Å². The Morgan fingerprint density at radius 3 is 2.56 bits per heavy atom. The smallest absolute Gasteiger partial charge is 0.262 e. The average Bonchev–Trinajstić information content (AvgIpc) is 2.84. The predicted molar refractivity (Wildman–Crippen MR) is 97.1 cm³/mol. The van der Waals surface area contributed by atoms with Crippen LogP contribution in [0, 0.1) is 6.92 Å². The van der Waals surface area contributed by atoms with E-state index in [2.05, 4.69) is 0 Å². The molecule has 0 aliphatic rings. The number of aromatic hydroxyl groups is 1. The first-order valence-corrected chi connectivity index (χ1v) is 8.12. The Bertz CT molecular complexity index is 1010. The molecule has 2 aromatic carbocycles. The van der Waals surface area contributed by atoms with E-state index in [9.17, 15) is 14.7 Å². The molecule has 25 heavy (non-hydrogen) atoms. The van der Waals surface area contributed by atoms with Gasteiger partial charge in [0, 0.05) is 21.7 Å². The molecule has 0 bridgehead atoms. The topological polar surface area (TPSA) is 85.3 Å². The second kappa shape index (κ2) is 6.26. The molecule has 3 N–H and O–H groups in total. The molecule has 1 amide bonds. The van der Waals surface area contributed by atoms with Gasteiger partial charge in [-0.15, -0.1) is 0 Å². The van der Waals surface area contributed by atoms with Crippen molar-refractivity contribution in [2.75, 3.05) is 0 Å². The van der Waals surface area contributed by atoms with Crippen molar-refractivity contribution in [2.45, 2.75) is 19.8 Å². The summed E-state index contributed by atoms with van der Waals surface area (Å²) in [6.45, 7) is 3.44. The monoisotopic (exact) mass is 356 g/mol. The van der Waals surface area contributed by atoms with Crippen LogP contribution >= 0.6 is 11.6 Å². The molecule has 0 spiro atoms. The Labute approximate surface area is 149 Å². The third-order valence-corrected chi connectivity index (χ3v) is 4.61. The van der Waals surface area contributed by atoms with E-state index in [1.54, 1.807) is 50.2 Å². The lowest BCUT2D eigenvalue weighted by molar-refractivity contribution is -0.119. The van der Waals surface area contributed by atoms with Gasteiger partial charge < -0.3 is 10.8 Å². The number of hydrogen-bond acceptors (Lipinski definition) is 3. The van der Waals surface area contributed by atoms with E-state index < -0.39 is 11.8 Å². The lowest BCUT2D eigenvalue weighted by atomic mass is 9.97. The number of phenols is 1. The van der Waals surface area contributed by atoms with Crippen molar-refractivity contribution in [2.24, 2.45) is 5.73 Å². The molecule has 1 unspecified atom stereocenters. The van der Waals surface area contributed by atoms with Gasteiger partial charge in [0.1, 0.15) is 5.75 Å². The zero-order valence-electron chi connectivity index (χ0n) is 13.8. The quantitative estimate of drug-likeness (QED) is 0.752. The molecule has 0 saturated heterocycles. The van der Waals surface area contributed by atoms with E-state index in [-0.39, 0.29) is 11.7 Å². The number of fused-ring (bicyclic) bond motifs is 1. The van der Waals surface area contributed by atoms with E-state index in [1.807, 2.05) is 0 Å². The number of primary amides is 1. The number of carbonyl (C=O) groups excluding carboxylic acids is 2. The first-order valence-electron chi connectivity index (χ1n) is 7.74. The molecule has 0 saturated carbocycles. The van der Waals surface area contributed by atoms with Crippen LogP contribution in [0.2, 0.25) is 5.02 Å². The van der Waals surface area contributed by atoms with E-state index in [4.69, 9.17) is 17.3 Å². The Morgan fingerprint density at radius 2 is 1.92 bits per heavy atom. The summed E-state index contributed by atoms with van der Waals surface area (Å²) in [6.07, 6.45) is 0. The molecule has 3 rings (SSSR count). The van der Waals surface area contributed by atoms with E-state index >= 15 is 0 Å². The van der Waals surface area contributed by atoms with Crippen molar-refractivity contribution in [3.8, 4) is 5.75 Å². The first kappa shape index (κ1) is 17.0. The van der Waals surface area contributed by atoms with Crippen LogP contribution in [-0.2, 0) is 4.79 Å². The third-order valence-electron chi connectivity index (χ3n) is 4.37. The molecule has 1 atom stereocenters. The minimum absolute atomic E-state index is 0.0535. The van der Waals surface area contributed by atoms with Gasteiger partial charge in [0.15, 0.2) is 0 Å². The molecule has 1 aromatic heterocycles. The number of benzene rings is 2. The van der Waals surface area contributed by atoms with Crippen molar-refractivity contribution >= 4 is 34.3 Å². The number of phenolic OH excluding ortho intramolecular Hbond substituents is 1. The van der Waals surface area contributed by atoms with Gasteiger partial charge in [-0.1, -0.05) is 17.7 Å². The van der Waals surface area contributed by atoms with Gasteiger partial charge in [0.25, 0.3) is 5.91 Å². The zero-order chi connectivity index (χ0) is 18.3. The maximum Gasteiger partial charge on any atom is 0.262 e. The minimum atomic E-state index is -0.599. The Kier molecular flexibility index (Phi) is 4.27. The average molecular weight is 357 g/mol. The van der Waals surface area contributed by atoms with Crippen LogP contribution in [0.25, 0.3) is 10.9 Å². The lowest BCUT2D eigenvalue weighted by Gasteiger charge is -2.10. The van der Waals surface area contributed by atoms with Crippen molar-refractivity contribution in [3.63, 3.8) is 0 Å². The fraction of sp³-hybridized carbons (Fsp3) is 0.158. The number of amides is 1. The van der Waals surface area contributed by atoms with Crippen LogP contribution in [0.15, 0.2) is 42.5 Å². The SMILES string of the molecule is Cc1c(C(C)C(N)=O)c2cc(O)ccc2n1C(=O)c1cccc(Cl)c1. The highest BCUT2D eigenvalue weighted by molar-refractivity contribution is 6.31. The number of nitrogens with zero attached hydrogens (tertiary/aromatic N) is 1. The number of nitrogens with two attached hydrogens (primary N) is 1. The van der Waals surface area contributed by atoms with Crippen molar-refractivity contribution in [3.05, 3.63) is 64.3 Å². The summed E-state index contributed by atoms with van der Waals surface area (Å²) in [7, 11) is 0. The number of rotatable bonds is 3. The number of carbonyl (C=O) groups is 2. The van der Waals surface area contributed by atoms with Crippen molar-refractivity contribution < 1.29 is 14.7 Å². The van der Waals surface area contributed by atoms with E-state index in [0.717, 1.165) is 0 Å². The maximum absolute atomic E-state index is 13.0. The summed E-state index contributed by atoms with van der Waals surface area (Å²) in [6, 6.07) is 11.4. The summed E-state index contributed by atoms with van der Waals surface area (Å²) in [4.78, 5) is 24.8. The molecule has 0 aliphatic carbocycles. The molecule has 5 nitrogen and oxygen atoms in total. The maximum atomic E-state index is 13.0. The summed E-state index contributed by atoms with van der Waals surface area (Å²) < 4.78 is 1.52. The van der Waals surface area contributed by atoms with E-state index in [0.29, 0.717) is 32.7 Å². The highest BCUT2D eigenvalue weighted by Gasteiger charge is 2.25. The van der Waals surface area contributed by atoms with Crippen LogP contribution in [-0.4, -0.2) is 21.5 Å². The van der Waals surface area contributed by atoms with Crippen molar-refractivity contribution in [1.29, 1.82) is 0 Å². The molecule has 0 radical (unpaired) electrons. The summed E-state index contributed by atoms with van der Waals surface area (Å²) in [5.41, 5.74) is 7.74. The van der Waals surface area contributed by atoms with Crippen LogP contribution < -0.4 is 5.73 Å². The second-order valence-electron chi connectivity index (χ2n) is 5.98. The van der Waals surface area contributed by atoms with Gasteiger partial charge >= 0.3 is 0 Å². The lowest BCUT2D eigenvalue weighted by Crippen LogP contribution is -2.20. The Morgan fingerprint density at radius 1 is 1.20 bits per heavy atom. The molecule has 1 heterocycles. The zero-order valence-corrected chi connectivity index (χ0v) is 14.5. The van der Waals surface area contributed by atoms with E-state index in [1.165, 1.54) is 10.6 Å². The molecule has 6 heteroatoms.